The Labute approximate surface area is 110 Å². The Morgan fingerprint density at radius 1 is 1.58 bits per heavy atom. The molecule has 0 radical (unpaired) electrons. The summed E-state index contributed by atoms with van der Waals surface area (Å²) in [5.74, 6) is 0.233. The van der Waals surface area contributed by atoms with Crippen molar-refractivity contribution in [3.8, 4) is 0 Å². The van der Waals surface area contributed by atoms with Crippen LogP contribution in [0, 0.1) is 0 Å². The van der Waals surface area contributed by atoms with E-state index >= 15 is 0 Å². The Bertz CT molecular complexity index is 561. The maximum absolute atomic E-state index is 12.3. The van der Waals surface area contributed by atoms with Gasteiger partial charge in [0.25, 0.3) is 0 Å². The number of aromatic amines is 1. The first kappa shape index (κ1) is 11.8. The van der Waals surface area contributed by atoms with Gasteiger partial charge in [-0.3, -0.25) is 4.79 Å². The average Bonchev–Trinajstić information content (AvgIpc) is 3.07. The molecule has 1 aliphatic rings. The fourth-order valence-electron chi connectivity index (χ4n) is 2.55. The summed E-state index contributed by atoms with van der Waals surface area (Å²) in [6.07, 6.45) is 5.38. The number of rotatable bonds is 3. The minimum Gasteiger partial charge on any atom is -0.367 e. The van der Waals surface area contributed by atoms with Crippen molar-refractivity contribution in [1.82, 2.24) is 24.6 Å². The van der Waals surface area contributed by atoms with E-state index in [1.54, 1.807) is 0 Å². The second-order valence-electron chi connectivity index (χ2n) is 4.67. The Hall–Kier alpha value is -2.31. The van der Waals surface area contributed by atoms with Gasteiger partial charge >= 0.3 is 0 Å². The van der Waals surface area contributed by atoms with E-state index in [1.165, 1.54) is 11.0 Å². The third kappa shape index (κ3) is 2.31. The first-order valence-electron chi connectivity index (χ1n) is 6.32. The summed E-state index contributed by atoms with van der Waals surface area (Å²) in [4.78, 5) is 21.2. The van der Waals surface area contributed by atoms with Crippen LogP contribution in [0.3, 0.4) is 0 Å². The van der Waals surface area contributed by atoms with Crippen molar-refractivity contribution in [3.05, 3.63) is 30.4 Å². The molecular formula is C12H16N6O. The van der Waals surface area contributed by atoms with Crippen LogP contribution in [0.4, 0.5) is 5.95 Å². The third-order valence-corrected chi connectivity index (χ3v) is 3.41. The summed E-state index contributed by atoms with van der Waals surface area (Å²) in [5, 5.41) is 3.94. The van der Waals surface area contributed by atoms with Gasteiger partial charge in [0.05, 0.1) is 6.04 Å². The molecule has 0 spiro atoms. The highest BCUT2D eigenvalue weighted by Crippen LogP contribution is 2.30. The van der Waals surface area contributed by atoms with E-state index in [0.29, 0.717) is 0 Å². The molecule has 2 aromatic heterocycles. The molecule has 1 unspecified atom stereocenters. The molecule has 0 saturated carbocycles. The molecule has 1 atom stereocenters. The van der Waals surface area contributed by atoms with Gasteiger partial charge in [-0.05, 0) is 25.0 Å². The van der Waals surface area contributed by atoms with E-state index in [0.717, 1.165) is 25.1 Å². The summed E-state index contributed by atoms with van der Waals surface area (Å²) >= 11 is 0. The normalized spacial score (nSPS) is 18.9. The number of carbonyl (C=O) groups excluding carboxylic acids is 1. The van der Waals surface area contributed by atoms with Crippen LogP contribution in [0.15, 0.2) is 24.7 Å². The van der Waals surface area contributed by atoms with Crippen molar-refractivity contribution >= 4 is 11.9 Å². The molecule has 0 aliphatic carbocycles. The monoisotopic (exact) mass is 260 g/mol. The van der Waals surface area contributed by atoms with Crippen LogP contribution in [0.1, 0.15) is 24.6 Å². The van der Waals surface area contributed by atoms with Gasteiger partial charge in [0, 0.05) is 18.4 Å². The number of aromatic nitrogens is 4. The molecule has 3 heterocycles. The minimum atomic E-state index is 0.0435. The second-order valence-corrected chi connectivity index (χ2v) is 4.67. The number of nitrogens with zero attached hydrogens (tertiary/aromatic N) is 4. The maximum atomic E-state index is 12.3. The number of carbonyl (C=O) groups is 1. The SMILES string of the molecule is Nc1ncn(CC(=O)N2CCCC2c2ccc[nH]2)n1. The first-order valence-corrected chi connectivity index (χ1v) is 6.32. The largest absolute Gasteiger partial charge is 0.367 e. The van der Waals surface area contributed by atoms with Crippen molar-refractivity contribution in [1.29, 1.82) is 0 Å². The van der Waals surface area contributed by atoms with E-state index < -0.39 is 0 Å². The van der Waals surface area contributed by atoms with Gasteiger partial charge < -0.3 is 15.6 Å². The van der Waals surface area contributed by atoms with E-state index in [2.05, 4.69) is 15.1 Å². The van der Waals surface area contributed by atoms with Gasteiger partial charge in [-0.1, -0.05) is 0 Å². The van der Waals surface area contributed by atoms with Crippen molar-refractivity contribution in [2.45, 2.75) is 25.4 Å². The van der Waals surface area contributed by atoms with Gasteiger partial charge in [0.1, 0.15) is 12.9 Å². The van der Waals surface area contributed by atoms with Gasteiger partial charge in [0.15, 0.2) is 0 Å². The summed E-state index contributed by atoms with van der Waals surface area (Å²) < 4.78 is 1.47. The number of likely N-dealkylation sites (tertiary alicyclic amines) is 1. The highest BCUT2D eigenvalue weighted by atomic mass is 16.2. The Kier molecular flexibility index (Phi) is 2.94. The molecule has 19 heavy (non-hydrogen) atoms. The lowest BCUT2D eigenvalue weighted by Crippen LogP contribution is -2.33. The summed E-state index contributed by atoms with van der Waals surface area (Å²) in [6.45, 7) is 0.966. The van der Waals surface area contributed by atoms with Crippen LogP contribution in [0.2, 0.25) is 0 Å². The van der Waals surface area contributed by atoms with Gasteiger partial charge in [0.2, 0.25) is 11.9 Å². The molecule has 0 aromatic carbocycles. The van der Waals surface area contributed by atoms with Gasteiger partial charge in [-0.25, -0.2) is 9.67 Å². The number of hydrogen-bond acceptors (Lipinski definition) is 4. The van der Waals surface area contributed by atoms with E-state index in [9.17, 15) is 4.79 Å². The lowest BCUT2D eigenvalue weighted by molar-refractivity contribution is -0.133. The zero-order valence-electron chi connectivity index (χ0n) is 10.5. The number of nitrogen functional groups attached to an aromatic ring is 1. The standard InChI is InChI=1S/C12H16N6O/c13-12-15-8-17(16-12)7-11(19)18-6-2-4-10(18)9-3-1-5-14-9/h1,3,5,8,10,14H,2,4,6-7H2,(H2,13,16). The molecular weight excluding hydrogens is 244 g/mol. The molecule has 1 saturated heterocycles. The molecule has 3 rings (SSSR count). The maximum Gasteiger partial charge on any atom is 0.244 e. The highest BCUT2D eigenvalue weighted by molar-refractivity contribution is 5.76. The predicted molar refractivity (Wildman–Crippen MR) is 68.9 cm³/mol. The third-order valence-electron chi connectivity index (χ3n) is 3.41. The lowest BCUT2D eigenvalue weighted by Gasteiger charge is -2.23. The van der Waals surface area contributed by atoms with Crippen molar-refractivity contribution < 1.29 is 4.79 Å². The van der Waals surface area contributed by atoms with Crippen LogP contribution in [-0.2, 0) is 11.3 Å². The number of H-pyrrole nitrogens is 1. The van der Waals surface area contributed by atoms with E-state index in [4.69, 9.17) is 5.73 Å². The molecule has 2 aromatic rings. The van der Waals surface area contributed by atoms with Crippen molar-refractivity contribution in [2.24, 2.45) is 0 Å². The van der Waals surface area contributed by atoms with E-state index in [1.807, 2.05) is 23.2 Å². The molecule has 100 valence electrons. The second kappa shape index (κ2) is 4.75. The molecule has 1 amide bonds. The quantitative estimate of drug-likeness (QED) is 0.843. The molecule has 3 N–H and O–H groups in total. The van der Waals surface area contributed by atoms with Gasteiger partial charge in [-0.2, -0.15) is 0 Å². The molecule has 7 heteroatoms. The minimum absolute atomic E-state index is 0.0435. The lowest BCUT2D eigenvalue weighted by atomic mass is 10.1. The van der Waals surface area contributed by atoms with Crippen LogP contribution in [0.25, 0.3) is 0 Å². The number of nitrogens with one attached hydrogen (secondary N) is 1. The molecule has 0 bridgehead atoms. The zero-order valence-corrected chi connectivity index (χ0v) is 10.5. The molecule has 1 aliphatic heterocycles. The summed E-state index contributed by atoms with van der Waals surface area (Å²) in [6, 6.07) is 4.11. The fourth-order valence-corrected chi connectivity index (χ4v) is 2.55. The Morgan fingerprint density at radius 2 is 2.47 bits per heavy atom. The first-order chi connectivity index (χ1) is 9.24. The topological polar surface area (TPSA) is 92.8 Å². The predicted octanol–water partition coefficient (Wildman–Crippen LogP) is 0.552. The smallest absolute Gasteiger partial charge is 0.244 e. The van der Waals surface area contributed by atoms with Crippen LogP contribution in [-0.4, -0.2) is 37.1 Å². The van der Waals surface area contributed by atoms with Gasteiger partial charge in [-0.15, -0.1) is 5.10 Å². The Morgan fingerprint density at radius 3 is 3.16 bits per heavy atom. The number of hydrogen-bond donors (Lipinski definition) is 2. The van der Waals surface area contributed by atoms with Crippen LogP contribution >= 0.6 is 0 Å². The van der Waals surface area contributed by atoms with Crippen LogP contribution < -0.4 is 5.73 Å². The number of nitrogens with two attached hydrogens (primary N) is 1. The van der Waals surface area contributed by atoms with E-state index in [-0.39, 0.29) is 24.4 Å². The van der Waals surface area contributed by atoms with Crippen molar-refractivity contribution in [3.63, 3.8) is 0 Å². The molecule has 1 fully saturated rings. The Balaban J connectivity index is 1.72. The number of amides is 1. The number of anilines is 1. The fraction of sp³-hybridized carbons (Fsp3) is 0.417. The molecule has 7 nitrogen and oxygen atoms in total. The highest BCUT2D eigenvalue weighted by Gasteiger charge is 2.30. The average molecular weight is 260 g/mol. The summed E-state index contributed by atoms with van der Waals surface area (Å²) in [5.41, 5.74) is 6.53. The van der Waals surface area contributed by atoms with Crippen LogP contribution in [0.5, 0.6) is 0 Å². The summed E-state index contributed by atoms with van der Waals surface area (Å²) in [7, 11) is 0. The zero-order chi connectivity index (χ0) is 13.2. The van der Waals surface area contributed by atoms with Crippen molar-refractivity contribution in [2.75, 3.05) is 12.3 Å².